The Morgan fingerprint density at radius 1 is 0.882 bits per heavy atom. The van der Waals surface area contributed by atoms with Gasteiger partial charge in [-0.2, -0.15) is 0 Å². The minimum Gasteiger partial charge on any atom is -0.441 e. The average molecular weight is 246 g/mol. The first-order valence-electron chi connectivity index (χ1n) is 5.62. The molecular formula is C14H15O2P. The van der Waals surface area contributed by atoms with Gasteiger partial charge in [-0.3, -0.25) is 0 Å². The van der Waals surface area contributed by atoms with Crippen LogP contribution in [-0.4, -0.2) is 0 Å². The molecule has 0 heterocycles. The van der Waals surface area contributed by atoms with E-state index < -0.39 is 0 Å². The highest BCUT2D eigenvalue weighted by Gasteiger charge is 2.01. The van der Waals surface area contributed by atoms with Gasteiger partial charge in [0.15, 0.2) is 0 Å². The van der Waals surface area contributed by atoms with E-state index in [2.05, 4.69) is 13.0 Å². The van der Waals surface area contributed by atoms with Crippen LogP contribution in [0.5, 0.6) is 11.5 Å². The summed E-state index contributed by atoms with van der Waals surface area (Å²) in [5.41, 5.74) is 1.21. The molecule has 2 aromatic rings. The van der Waals surface area contributed by atoms with Gasteiger partial charge in [-0.15, -0.1) is 0 Å². The largest absolute Gasteiger partial charge is 0.441 e. The van der Waals surface area contributed by atoms with Crippen molar-refractivity contribution in [1.82, 2.24) is 0 Å². The normalized spacial score (nSPS) is 10.6. The first-order valence-corrected chi connectivity index (χ1v) is 6.43. The maximum atomic E-state index is 5.64. The molecule has 0 aliphatic heterocycles. The molecule has 0 spiro atoms. The molecule has 17 heavy (non-hydrogen) atoms. The number of rotatable bonds is 5. The molecule has 0 aliphatic rings. The first-order chi connectivity index (χ1) is 8.40. The second-order valence-electron chi connectivity index (χ2n) is 3.56. The van der Waals surface area contributed by atoms with Gasteiger partial charge in [-0.25, -0.2) is 0 Å². The topological polar surface area (TPSA) is 18.5 Å². The molecule has 0 bridgehead atoms. The van der Waals surface area contributed by atoms with Crippen LogP contribution in [0.1, 0.15) is 12.5 Å². The Bertz CT molecular complexity index is 457. The van der Waals surface area contributed by atoms with Crippen LogP contribution in [0.2, 0.25) is 0 Å². The number of hydrogen-bond donors (Lipinski definition) is 0. The van der Waals surface area contributed by atoms with Crippen molar-refractivity contribution in [2.45, 2.75) is 13.3 Å². The maximum absolute atomic E-state index is 5.64. The maximum Gasteiger partial charge on any atom is 0.275 e. The zero-order chi connectivity index (χ0) is 11.9. The van der Waals surface area contributed by atoms with Gasteiger partial charge in [0, 0.05) is 0 Å². The van der Waals surface area contributed by atoms with Crippen LogP contribution < -0.4 is 9.05 Å². The Labute approximate surface area is 104 Å². The third-order valence-electron chi connectivity index (χ3n) is 2.41. The van der Waals surface area contributed by atoms with Crippen molar-refractivity contribution >= 4 is 9.03 Å². The molecule has 0 N–H and O–H groups in total. The van der Waals surface area contributed by atoms with Crippen molar-refractivity contribution in [1.29, 1.82) is 0 Å². The van der Waals surface area contributed by atoms with E-state index >= 15 is 0 Å². The number of aryl methyl sites for hydroxylation is 1. The Balaban J connectivity index is 1.90. The highest BCUT2D eigenvalue weighted by Crippen LogP contribution is 2.27. The molecule has 1 unspecified atom stereocenters. The predicted octanol–water partition coefficient (Wildman–Crippen LogP) is 4.22. The van der Waals surface area contributed by atoms with E-state index in [0.29, 0.717) is 0 Å². The molecule has 2 aromatic carbocycles. The van der Waals surface area contributed by atoms with Crippen LogP contribution in [0, 0.1) is 0 Å². The second-order valence-corrected chi connectivity index (χ2v) is 4.14. The Hall–Kier alpha value is -1.53. The standard InChI is InChI=1S/C14H15O2P/c1-2-12-8-6-7-11-14(12)16-17-15-13-9-4-3-5-10-13/h3-11,17H,2H2,1H3. The van der Waals surface area contributed by atoms with E-state index in [1.165, 1.54) is 5.56 Å². The summed E-state index contributed by atoms with van der Waals surface area (Å²) >= 11 is 0. The number of para-hydroxylation sites is 2. The molecule has 0 saturated carbocycles. The lowest BCUT2D eigenvalue weighted by Gasteiger charge is -2.09. The molecule has 0 radical (unpaired) electrons. The fraction of sp³-hybridized carbons (Fsp3) is 0.143. The summed E-state index contributed by atoms with van der Waals surface area (Å²) in [6, 6.07) is 17.7. The summed E-state index contributed by atoms with van der Waals surface area (Å²) < 4.78 is 11.2. The van der Waals surface area contributed by atoms with Crippen LogP contribution in [0.25, 0.3) is 0 Å². The van der Waals surface area contributed by atoms with Crippen molar-refractivity contribution < 1.29 is 9.05 Å². The van der Waals surface area contributed by atoms with Crippen LogP contribution in [0.4, 0.5) is 0 Å². The minimum absolute atomic E-state index is 0.0135. The number of hydrogen-bond acceptors (Lipinski definition) is 2. The Morgan fingerprint density at radius 2 is 1.59 bits per heavy atom. The minimum atomic E-state index is -0.0135. The number of benzene rings is 2. The molecule has 2 nitrogen and oxygen atoms in total. The van der Waals surface area contributed by atoms with Gasteiger partial charge in [0.2, 0.25) is 0 Å². The summed E-state index contributed by atoms with van der Waals surface area (Å²) in [7, 11) is -0.0135. The van der Waals surface area contributed by atoms with E-state index in [1.807, 2.05) is 48.5 Å². The first kappa shape index (κ1) is 11.9. The van der Waals surface area contributed by atoms with Crippen LogP contribution >= 0.6 is 9.03 Å². The van der Waals surface area contributed by atoms with Crippen molar-refractivity contribution in [3.05, 3.63) is 60.2 Å². The van der Waals surface area contributed by atoms with E-state index in [0.717, 1.165) is 17.9 Å². The molecule has 0 amide bonds. The summed E-state index contributed by atoms with van der Waals surface area (Å²) in [5, 5.41) is 0. The lowest BCUT2D eigenvalue weighted by atomic mass is 10.1. The predicted molar refractivity (Wildman–Crippen MR) is 71.8 cm³/mol. The van der Waals surface area contributed by atoms with Gasteiger partial charge < -0.3 is 9.05 Å². The van der Waals surface area contributed by atoms with E-state index in [-0.39, 0.29) is 9.03 Å². The highest BCUT2D eigenvalue weighted by atomic mass is 31.1. The molecule has 2 rings (SSSR count). The summed E-state index contributed by atoms with van der Waals surface area (Å²) in [4.78, 5) is 0. The van der Waals surface area contributed by atoms with Crippen molar-refractivity contribution in [3.63, 3.8) is 0 Å². The molecule has 0 aliphatic carbocycles. The monoisotopic (exact) mass is 246 g/mol. The van der Waals surface area contributed by atoms with Crippen molar-refractivity contribution in [3.8, 4) is 11.5 Å². The third-order valence-corrected chi connectivity index (χ3v) is 3.03. The van der Waals surface area contributed by atoms with E-state index in [1.54, 1.807) is 0 Å². The fourth-order valence-electron chi connectivity index (χ4n) is 1.50. The fourth-order valence-corrected chi connectivity index (χ4v) is 2.06. The van der Waals surface area contributed by atoms with Gasteiger partial charge in [0.25, 0.3) is 9.03 Å². The summed E-state index contributed by atoms with van der Waals surface area (Å²) in [5.74, 6) is 1.74. The van der Waals surface area contributed by atoms with Gasteiger partial charge in [0.1, 0.15) is 11.5 Å². The Kier molecular flexibility index (Phi) is 4.40. The van der Waals surface area contributed by atoms with Gasteiger partial charge >= 0.3 is 0 Å². The molecule has 0 saturated heterocycles. The zero-order valence-electron chi connectivity index (χ0n) is 9.72. The van der Waals surface area contributed by atoms with Crippen molar-refractivity contribution in [2.75, 3.05) is 0 Å². The van der Waals surface area contributed by atoms with Crippen LogP contribution in [0.3, 0.4) is 0 Å². The molecule has 0 fully saturated rings. The van der Waals surface area contributed by atoms with E-state index in [9.17, 15) is 0 Å². The quantitative estimate of drug-likeness (QED) is 0.735. The smallest absolute Gasteiger partial charge is 0.275 e. The average Bonchev–Trinajstić information content (AvgIpc) is 2.40. The molecule has 3 heteroatoms. The lowest BCUT2D eigenvalue weighted by Crippen LogP contribution is -1.89. The molecular weight excluding hydrogens is 231 g/mol. The van der Waals surface area contributed by atoms with Crippen LogP contribution in [0.15, 0.2) is 54.6 Å². The summed E-state index contributed by atoms with van der Waals surface area (Å²) in [6.45, 7) is 2.11. The van der Waals surface area contributed by atoms with Crippen LogP contribution in [-0.2, 0) is 6.42 Å². The third kappa shape index (κ3) is 3.47. The second kappa shape index (κ2) is 6.27. The summed E-state index contributed by atoms with van der Waals surface area (Å²) in [6.07, 6.45) is 0.964. The molecule has 88 valence electrons. The highest BCUT2D eigenvalue weighted by molar-refractivity contribution is 7.27. The van der Waals surface area contributed by atoms with Gasteiger partial charge in [0.05, 0.1) is 0 Å². The Morgan fingerprint density at radius 3 is 2.35 bits per heavy atom. The van der Waals surface area contributed by atoms with Gasteiger partial charge in [-0.05, 0) is 30.2 Å². The molecule has 1 atom stereocenters. The SMILES string of the molecule is CCc1ccccc1OPOc1ccccc1. The molecule has 0 aromatic heterocycles. The zero-order valence-corrected chi connectivity index (χ0v) is 10.7. The van der Waals surface area contributed by atoms with E-state index in [4.69, 9.17) is 9.05 Å². The van der Waals surface area contributed by atoms with Crippen molar-refractivity contribution in [2.24, 2.45) is 0 Å². The van der Waals surface area contributed by atoms with Gasteiger partial charge in [-0.1, -0.05) is 43.3 Å². The lowest BCUT2D eigenvalue weighted by molar-refractivity contribution is 0.512.